The number of alkyl halides is 3. The smallest absolute Gasteiger partial charge is 0.308 e. The van der Waals surface area contributed by atoms with Crippen molar-refractivity contribution in [2.24, 2.45) is 0 Å². The zero-order valence-corrected chi connectivity index (χ0v) is 11.1. The summed E-state index contributed by atoms with van der Waals surface area (Å²) in [5.41, 5.74) is 1.40. The summed E-state index contributed by atoms with van der Waals surface area (Å²) >= 11 is 1.21. The van der Waals surface area contributed by atoms with Crippen LogP contribution in [0, 0.1) is 6.92 Å². The predicted molar refractivity (Wildman–Crippen MR) is 67.0 cm³/mol. The van der Waals surface area contributed by atoms with Gasteiger partial charge in [0.2, 0.25) is 0 Å². The number of nitrogens with one attached hydrogen (secondary N) is 1. The van der Waals surface area contributed by atoms with Gasteiger partial charge >= 0.3 is 6.18 Å². The molecule has 1 N–H and O–H groups in total. The highest BCUT2D eigenvalue weighted by molar-refractivity contribution is 7.03. The Bertz CT molecular complexity index is 552. The summed E-state index contributed by atoms with van der Waals surface area (Å²) in [5, 5.41) is 8.78. The zero-order chi connectivity index (χ0) is 14.0. The van der Waals surface area contributed by atoms with Crippen LogP contribution in [0.1, 0.15) is 28.4 Å². The number of rotatable bonds is 3. The van der Waals surface area contributed by atoms with E-state index in [2.05, 4.69) is 14.9 Å². The maximum atomic E-state index is 12.6. The average Bonchev–Trinajstić information content (AvgIpc) is 2.84. The molecule has 0 aliphatic carbocycles. The van der Waals surface area contributed by atoms with Crippen molar-refractivity contribution < 1.29 is 13.2 Å². The van der Waals surface area contributed by atoms with Crippen LogP contribution in [0.2, 0.25) is 0 Å². The van der Waals surface area contributed by atoms with Crippen LogP contribution in [0.5, 0.6) is 0 Å². The molecule has 1 unspecified atom stereocenters. The first-order valence-corrected chi connectivity index (χ1v) is 6.39. The van der Waals surface area contributed by atoms with Crippen LogP contribution in [0.25, 0.3) is 0 Å². The van der Waals surface area contributed by atoms with Gasteiger partial charge in [0.1, 0.15) is 0 Å². The zero-order valence-electron chi connectivity index (χ0n) is 10.3. The SMILES string of the molecule is CNC(c1csnn1)c1ccc(C(F)(F)F)cc1C. The van der Waals surface area contributed by atoms with E-state index in [0.29, 0.717) is 11.3 Å². The molecule has 0 radical (unpaired) electrons. The third kappa shape index (κ3) is 2.93. The second-order valence-electron chi connectivity index (χ2n) is 4.12. The molecule has 1 aromatic carbocycles. The standard InChI is InChI=1S/C12H12F3N3S/c1-7-5-8(12(13,14)15)3-4-9(7)11(16-2)10-6-19-18-17-10/h3-6,11,16H,1-2H3. The summed E-state index contributed by atoms with van der Waals surface area (Å²) in [5.74, 6) is 0. The van der Waals surface area contributed by atoms with Gasteiger partial charge in [-0.25, -0.2) is 0 Å². The number of benzene rings is 1. The van der Waals surface area contributed by atoms with E-state index in [1.165, 1.54) is 17.6 Å². The number of nitrogens with zero attached hydrogens (tertiary/aromatic N) is 2. The van der Waals surface area contributed by atoms with Crippen LogP contribution in [0.3, 0.4) is 0 Å². The summed E-state index contributed by atoms with van der Waals surface area (Å²) in [6.07, 6.45) is -4.32. The van der Waals surface area contributed by atoms with E-state index in [1.807, 2.05) is 0 Å². The molecule has 1 atom stereocenters. The van der Waals surface area contributed by atoms with Crippen LogP contribution in [-0.2, 0) is 6.18 Å². The first-order valence-electron chi connectivity index (χ1n) is 5.55. The Morgan fingerprint density at radius 3 is 2.53 bits per heavy atom. The fraction of sp³-hybridized carbons (Fsp3) is 0.333. The molecule has 0 aliphatic heterocycles. The summed E-state index contributed by atoms with van der Waals surface area (Å²) in [4.78, 5) is 0. The van der Waals surface area contributed by atoms with E-state index in [-0.39, 0.29) is 6.04 Å². The van der Waals surface area contributed by atoms with Crippen molar-refractivity contribution in [3.63, 3.8) is 0 Å². The second-order valence-corrected chi connectivity index (χ2v) is 4.73. The van der Waals surface area contributed by atoms with Crippen molar-refractivity contribution in [1.82, 2.24) is 14.9 Å². The van der Waals surface area contributed by atoms with Crippen LogP contribution < -0.4 is 5.32 Å². The Labute approximate surface area is 112 Å². The van der Waals surface area contributed by atoms with Gasteiger partial charge in [-0.15, -0.1) is 5.10 Å². The maximum Gasteiger partial charge on any atom is 0.416 e. The summed E-state index contributed by atoms with van der Waals surface area (Å²) < 4.78 is 41.6. The van der Waals surface area contributed by atoms with Crippen molar-refractivity contribution in [2.45, 2.75) is 19.1 Å². The summed E-state index contributed by atoms with van der Waals surface area (Å²) in [6.45, 7) is 1.66. The van der Waals surface area contributed by atoms with Crippen LogP contribution >= 0.6 is 11.5 Å². The molecule has 0 bridgehead atoms. The van der Waals surface area contributed by atoms with Gasteiger partial charge in [-0.05, 0) is 48.8 Å². The molecular weight excluding hydrogens is 275 g/mol. The minimum atomic E-state index is -4.32. The van der Waals surface area contributed by atoms with E-state index >= 15 is 0 Å². The molecule has 0 saturated carbocycles. The molecule has 1 heterocycles. The van der Waals surface area contributed by atoms with Crippen molar-refractivity contribution >= 4 is 11.5 Å². The molecule has 0 saturated heterocycles. The second kappa shape index (κ2) is 5.26. The fourth-order valence-corrected chi connectivity index (χ4v) is 2.42. The van der Waals surface area contributed by atoms with E-state index < -0.39 is 11.7 Å². The Morgan fingerprint density at radius 2 is 2.05 bits per heavy atom. The fourth-order valence-electron chi connectivity index (χ4n) is 1.94. The first kappa shape index (κ1) is 14.0. The van der Waals surface area contributed by atoms with Crippen LogP contribution in [0.15, 0.2) is 23.6 Å². The Kier molecular flexibility index (Phi) is 3.86. The molecule has 19 heavy (non-hydrogen) atoms. The highest BCUT2D eigenvalue weighted by Crippen LogP contribution is 2.32. The lowest BCUT2D eigenvalue weighted by atomic mass is 9.97. The van der Waals surface area contributed by atoms with Crippen LogP contribution in [-0.4, -0.2) is 16.6 Å². The number of hydrogen-bond acceptors (Lipinski definition) is 4. The monoisotopic (exact) mass is 287 g/mol. The maximum absolute atomic E-state index is 12.6. The van der Waals surface area contributed by atoms with E-state index in [0.717, 1.165) is 17.7 Å². The van der Waals surface area contributed by atoms with Crippen molar-refractivity contribution in [3.8, 4) is 0 Å². The Balaban J connectivity index is 2.40. The molecule has 0 aliphatic rings. The summed E-state index contributed by atoms with van der Waals surface area (Å²) in [7, 11) is 1.74. The van der Waals surface area contributed by atoms with Gasteiger partial charge in [0.25, 0.3) is 0 Å². The lowest BCUT2D eigenvalue weighted by molar-refractivity contribution is -0.137. The van der Waals surface area contributed by atoms with Crippen molar-refractivity contribution in [1.29, 1.82) is 0 Å². The molecule has 0 fully saturated rings. The van der Waals surface area contributed by atoms with Crippen LogP contribution in [0.4, 0.5) is 13.2 Å². The molecule has 7 heteroatoms. The van der Waals surface area contributed by atoms with Gasteiger partial charge in [0.15, 0.2) is 0 Å². The Hall–Kier alpha value is -1.47. The van der Waals surface area contributed by atoms with Gasteiger partial charge in [-0.3, -0.25) is 0 Å². The molecule has 2 aromatic rings. The molecule has 102 valence electrons. The quantitative estimate of drug-likeness (QED) is 0.942. The predicted octanol–water partition coefficient (Wildman–Crippen LogP) is 3.17. The van der Waals surface area contributed by atoms with Gasteiger partial charge in [0.05, 0.1) is 17.3 Å². The number of halogens is 3. The molecular formula is C12H12F3N3S. The van der Waals surface area contributed by atoms with E-state index in [1.54, 1.807) is 19.4 Å². The molecule has 3 nitrogen and oxygen atoms in total. The third-order valence-electron chi connectivity index (χ3n) is 2.87. The van der Waals surface area contributed by atoms with Crippen molar-refractivity contribution in [3.05, 3.63) is 46.0 Å². The lowest BCUT2D eigenvalue weighted by Crippen LogP contribution is -2.19. The largest absolute Gasteiger partial charge is 0.416 e. The minimum Gasteiger partial charge on any atom is -0.308 e. The van der Waals surface area contributed by atoms with Gasteiger partial charge in [0, 0.05) is 5.38 Å². The molecule has 0 amide bonds. The third-order valence-corrected chi connectivity index (χ3v) is 3.39. The number of hydrogen-bond donors (Lipinski definition) is 1. The minimum absolute atomic E-state index is 0.249. The van der Waals surface area contributed by atoms with Gasteiger partial charge in [-0.2, -0.15) is 13.2 Å². The van der Waals surface area contributed by atoms with Gasteiger partial charge < -0.3 is 5.32 Å². The number of aryl methyl sites for hydroxylation is 1. The first-order chi connectivity index (χ1) is 8.93. The molecule has 1 aromatic heterocycles. The lowest BCUT2D eigenvalue weighted by Gasteiger charge is -2.18. The van der Waals surface area contributed by atoms with Crippen molar-refractivity contribution in [2.75, 3.05) is 7.05 Å². The number of aromatic nitrogens is 2. The van der Waals surface area contributed by atoms with Gasteiger partial charge in [-0.1, -0.05) is 10.6 Å². The average molecular weight is 287 g/mol. The molecule has 2 rings (SSSR count). The molecule has 0 spiro atoms. The highest BCUT2D eigenvalue weighted by Gasteiger charge is 2.31. The summed E-state index contributed by atoms with van der Waals surface area (Å²) in [6, 6.07) is 3.48. The van der Waals surface area contributed by atoms with E-state index in [9.17, 15) is 13.2 Å². The topological polar surface area (TPSA) is 37.8 Å². The van der Waals surface area contributed by atoms with E-state index in [4.69, 9.17) is 0 Å². The normalized spacial score (nSPS) is 13.5. The highest BCUT2D eigenvalue weighted by atomic mass is 32.1. The Morgan fingerprint density at radius 1 is 1.32 bits per heavy atom.